The average molecular weight is 385 g/mol. The molecule has 0 spiro atoms. The van der Waals surface area contributed by atoms with Crippen LogP contribution in [0, 0.1) is 0 Å². The molecule has 0 saturated carbocycles. The Labute approximate surface area is 128 Å². The van der Waals surface area contributed by atoms with Crippen molar-refractivity contribution in [1.82, 2.24) is 5.32 Å². The van der Waals surface area contributed by atoms with Crippen molar-refractivity contribution in [2.24, 2.45) is 0 Å². The van der Waals surface area contributed by atoms with Gasteiger partial charge in [-0.05, 0) is 13.1 Å². The number of nitrogens with one attached hydrogen (secondary N) is 1. The summed E-state index contributed by atoms with van der Waals surface area (Å²) in [5.41, 5.74) is 0. The molecule has 0 aliphatic heterocycles. The van der Waals surface area contributed by atoms with Gasteiger partial charge in [-0.3, -0.25) is 0 Å². The second-order valence-corrected chi connectivity index (χ2v) is 10.1. The van der Waals surface area contributed by atoms with Gasteiger partial charge in [-0.25, -0.2) is 0 Å². The zero-order chi connectivity index (χ0) is 13.8. The Morgan fingerprint density at radius 1 is 0.684 bits per heavy atom. The van der Waals surface area contributed by atoms with E-state index in [0.717, 1.165) is 13.1 Å². The Balaban J connectivity index is 0.000000312. The van der Waals surface area contributed by atoms with Crippen molar-refractivity contribution in [3.8, 4) is 0 Å². The molecule has 0 aliphatic rings. The topological polar surface area (TPSA) is 12.0 Å². The molecule has 2 aromatic rings. The molecule has 1 N–H and O–H groups in total. The molecule has 1 nitrogen and oxygen atoms in total. The molecular formula is C16H21NSe2. The van der Waals surface area contributed by atoms with Crippen LogP contribution in [0.1, 0.15) is 13.8 Å². The third-order valence-electron chi connectivity index (χ3n) is 2.22. The van der Waals surface area contributed by atoms with Crippen molar-refractivity contribution < 1.29 is 0 Å². The van der Waals surface area contributed by atoms with Crippen LogP contribution in [0.25, 0.3) is 0 Å². The van der Waals surface area contributed by atoms with Crippen LogP contribution in [0.15, 0.2) is 60.7 Å². The Morgan fingerprint density at radius 2 is 1.05 bits per heavy atom. The molecule has 0 aliphatic carbocycles. The van der Waals surface area contributed by atoms with Gasteiger partial charge in [0.15, 0.2) is 0 Å². The summed E-state index contributed by atoms with van der Waals surface area (Å²) in [6, 6.07) is 21.6. The van der Waals surface area contributed by atoms with Crippen LogP contribution < -0.4 is 14.2 Å². The summed E-state index contributed by atoms with van der Waals surface area (Å²) in [6.45, 7) is 6.39. The molecule has 2 aromatic carbocycles. The minimum absolute atomic E-state index is 0.635. The molecule has 0 saturated heterocycles. The van der Waals surface area contributed by atoms with Crippen LogP contribution in [0.4, 0.5) is 0 Å². The maximum atomic E-state index is 3.11. The molecule has 2 rings (SSSR count). The van der Waals surface area contributed by atoms with Crippen LogP contribution in [0.2, 0.25) is 0 Å². The maximum absolute atomic E-state index is 3.11. The van der Waals surface area contributed by atoms with Crippen LogP contribution in [-0.2, 0) is 0 Å². The van der Waals surface area contributed by atoms with Gasteiger partial charge in [0.25, 0.3) is 0 Å². The van der Waals surface area contributed by atoms with Crippen LogP contribution in [-0.4, -0.2) is 39.4 Å². The molecule has 0 atom stereocenters. The fourth-order valence-corrected chi connectivity index (χ4v) is 7.35. The minimum atomic E-state index is 0.635. The Morgan fingerprint density at radius 3 is 1.32 bits per heavy atom. The van der Waals surface area contributed by atoms with Gasteiger partial charge in [0.2, 0.25) is 0 Å². The third kappa shape index (κ3) is 8.26. The average Bonchev–Trinajstić information content (AvgIpc) is 2.49. The summed E-state index contributed by atoms with van der Waals surface area (Å²) >= 11 is 1.27. The second kappa shape index (κ2) is 11.3. The molecule has 0 aromatic heterocycles. The van der Waals surface area contributed by atoms with E-state index in [1.807, 2.05) is 0 Å². The molecule has 0 unspecified atom stereocenters. The first-order chi connectivity index (χ1) is 9.36. The molecule has 3 heteroatoms. The van der Waals surface area contributed by atoms with Gasteiger partial charge in [-0.2, -0.15) is 0 Å². The zero-order valence-electron chi connectivity index (χ0n) is 11.5. The van der Waals surface area contributed by atoms with Gasteiger partial charge in [0.1, 0.15) is 0 Å². The molecule has 0 radical (unpaired) electrons. The van der Waals surface area contributed by atoms with E-state index < -0.39 is 0 Å². The Kier molecular flexibility index (Phi) is 9.79. The van der Waals surface area contributed by atoms with Gasteiger partial charge in [0.05, 0.1) is 0 Å². The standard InChI is InChI=1S/C12H10Se2.C4H11N/c1-3-7-11(8-4-1)13-14-12-9-5-2-6-10-12;1-3-5-4-2/h1-10H;5H,3-4H2,1-2H3. The quantitative estimate of drug-likeness (QED) is 0.771. The molecule has 0 fully saturated rings. The number of rotatable bonds is 5. The second-order valence-electron chi connectivity index (χ2n) is 3.75. The van der Waals surface area contributed by atoms with E-state index in [4.69, 9.17) is 0 Å². The Bertz CT molecular complexity index is 376. The molecular weight excluding hydrogens is 364 g/mol. The normalized spacial score (nSPS) is 9.58. The van der Waals surface area contributed by atoms with E-state index in [1.54, 1.807) is 0 Å². The third-order valence-corrected chi connectivity index (χ3v) is 9.45. The van der Waals surface area contributed by atoms with E-state index >= 15 is 0 Å². The van der Waals surface area contributed by atoms with Crippen molar-refractivity contribution in [2.45, 2.75) is 13.8 Å². The van der Waals surface area contributed by atoms with Gasteiger partial charge >= 0.3 is 95.9 Å². The molecule has 0 heterocycles. The van der Waals surface area contributed by atoms with Crippen LogP contribution >= 0.6 is 0 Å². The van der Waals surface area contributed by atoms with Crippen molar-refractivity contribution >= 4 is 35.2 Å². The summed E-state index contributed by atoms with van der Waals surface area (Å²) in [7, 11) is 0. The molecule has 0 amide bonds. The van der Waals surface area contributed by atoms with E-state index in [2.05, 4.69) is 79.8 Å². The summed E-state index contributed by atoms with van der Waals surface area (Å²) < 4.78 is 3.01. The van der Waals surface area contributed by atoms with Crippen molar-refractivity contribution in [3.05, 3.63) is 60.7 Å². The van der Waals surface area contributed by atoms with E-state index in [-0.39, 0.29) is 0 Å². The van der Waals surface area contributed by atoms with Gasteiger partial charge in [0, 0.05) is 0 Å². The Hall–Kier alpha value is -0.561. The molecule has 0 bridgehead atoms. The van der Waals surface area contributed by atoms with Gasteiger partial charge in [-0.15, -0.1) is 0 Å². The zero-order valence-corrected chi connectivity index (χ0v) is 14.9. The summed E-state index contributed by atoms with van der Waals surface area (Å²) in [5, 5.41) is 3.11. The number of benzene rings is 2. The first kappa shape index (κ1) is 16.5. The van der Waals surface area contributed by atoms with E-state index in [9.17, 15) is 0 Å². The fraction of sp³-hybridized carbons (Fsp3) is 0.250. The first-order valence-electron chi connectivity index (χ1n) is 6.52. The van der Waals surface area contributed by atoms with Gasteiger partial charge in [-0.1, -0.05) is 13.8 Å². The summed E-state index contributed by atoms with van der Waals surface area (Å²) in [5.74, 6) is 0. The molecule has 102 valence electrons. The predicted molar refractivity (Wildman–Crippen MR) is 87.9 cm³/mol. The van der Waals surface area contributed by atoms with Gasteiger partial charge < -0.3 is 5.32 Å². The number of hydrogen-bond acceptors (Lipinski definition) is 1. The summed E-state index contributed by atoms with van der Waals surface area (Å²) in [4.78, 5) is 0. The van der Waals surface area contributed by atoms with Crippen LogP contribution in [0.3, 0.4) is 0 Å². The van der Waals surface area contributed by atoms with Crippen molar-refractivity contribution in [1.29, 1.82) is 0 Å². The van der Waals surface area contributed by atoms with Crippen LogP contribution in [0.5, 0.6) is 0 Å². The SMILES string of the molecule is CCNCC.c1ccc([Se][Se]c2ccccc2)cc1. The molecule has 19 heavy (non-hydrogen) atoms. The predicted octanol–water partition coefficient (Wildman–Crippen LogP) is 1.58. The van der Waals surface area contributed by atoms with E-state index in [0.29, 0.717) is 26.3 Å². The fourth-order valence-electron chi connectivity index (χ4n) is 1.30. The van der Waals surface area contributed by atoms with Crippen molar-refractivity contribution in [2.75, 3.05) is 13.1 Å². The number of hydrogen-bond donors (Lipinski definition) is 1. The van der Waals surface area contributed by atoms with Crippen molar-refractivity contribution in [3.63, 3.8) is 0 Å². The van der Waals surface area contributed by atoms with E-state index in [1.165, 1.54) is 8.92 Å². The first-order valence-corrected chi connectivity index (χ1v) is 12.6. The monoisotopic (exact) mass is 387 g/mol. The summed E-state index contributed by atoms with van der Waals surface area (Å²) in [6.07, 6.45) is 0.